The molecule has 0 unspecified atom stereocenters. The van der Waals surface area contributed by atoms with Crippen LogP contribution in [0.2, 0.25) is 5.02 Å². The van der Waals surface area contributed by atoms with E-state index in [4.69, 9.17) is 36.9 Å². The van der Waals surface area contributed by atoms with Crippen LogP contribution in [0.1, 0.15) is 44.4 Å². The smallest absolute Gasteiger partial charge is 0.475 e. The van der Waals surface area contributed by atoms with Gasteiger partial charge in [0.1, 0.15) is 23.0 Å². The molecule has 0 aromatic carbocycles. The average molecular weight is 498 g/mol. The molecule has 0 amide bonds. The first-order chi connectivity index (χ1) is 16.0. The maximum Gasteiger partial charge on any atom is 0.490 e. The number of alkyl halides is 3. The van der Waals surface area contributed by atoms with Gasteiger partial charge in [0.05, 0.1) is 33.4 Å². The fourth-order valence-corrected chi connectivity index (χ4v) is 3.67. The van der Waals surface area contributed by atoms with Gasteiger partial charge in [0.2, 0.25) is 0 Å². The number of carboxylic acids is 1. The topological polar surface area (TPSA) is 149 Å². The van der Waals surface area contributed by atoms with Crippen molar-refractivity contribution in [3.05, 3.63) is 29.2 Å². The summed E-state index contributed by atoms with van der Waals surface area (Å²) in [6, 6.07) is 1.99. The summed E-state index contributed by atoms with van der Waals surface area (Å²) in [5, 5.41) is 24.6. The molecule has 0 aliphatic heterocycles. The summed E-state index contributed by atoms with van der Waals surface area (Å²) in [4.78, 5) is 13.1. The summed E-state index contributed by atoms with van der Waals surface area (Å²) < 4.78 is 39.3. The van der Waals surface area contributed by atoms with E-state index in [1.807, 2.05) is 24.6 Å². The largest absolute Gasteiger partial charge is 0.490 e. The Bertz CT molecular complexity index is 1340. The number of pyridine rings is 1. The lowest BCUT2D eigenvalue weighted by molar-refractivity contribution is -0.192. The average Bonchev–Trinajstić information content (AvgIpc) is 3.17. The lowest BCUT2D eigenvalue weighted by atomic mass is 10.0. The van der Waals surface area contributed by atoms with Crippen LogP contribution < -0.4 is 5.73 Å². The predicted octanol–water partition coefficient (Wildman–Crippen LogP) is 4.80. The second-order valence-electron chi connectivity index (χ2n) is 7.92. The SMILES string of the molecule is CC(C)n1nc(-c2noc(C3CC3)c2-c2ccn[nH]2)c2c(N)ncc(Cl)c21.O=C(O)C(F)(F)F. The molecule has 4 aromatic rings. The van der Waals surface area contributed by atoms with Crippen LogP contribution in [0.5, 0.6) is 0 Å². The first-order valence-corrected chi connectivity index (χ1v) is 10.5. The van der Waals surface area contributed by atoms with Gasteiger partial charge in [-0.25, -0.2) is 9.78 Å². The Labute approximate surface area is 194 Å². The number of carboxylic acid groups (broad SMARTS) is 1. The first-order valence-electron chi connectivity index (χ1n) is 10.1. The third-order valence-electron chi connectivity index (χ3n) is 5.10. The van der Waals surface area contributed by atoms with Gasteiger partial charge in [0, 0.05) is 18.2 Å². The number of aromatic amines is 1. The zero-order chi connectivity index (χ0) is 24.8. The number of rotatable bonds is 4. The highest BCUT2D eigenvalue weighted by Gasteiger charge is 2.38. The van der Waals surface area contributed by atoms with Crippen molar-refractivity contribution in [2.75, 3.05) is 5.73 Å². The van der Waals surface area contributed by atoms with Gasteiger partial charge in [-0.05, 0) is 32.8 Å². The Morgan fingerprint density at radius 1 is 1.35 bits per heavy atom. The fraction of sp³-hybridized carbons (Fsp3) is 0.350. The highest BCUT2D eigenvalue weighted by molar-refractivity contribution is 6.35. The number of aliphatic carboxylic acids is 1. The molecule has 5 rings (SSSR count). The number of H-pyrrole nitrogens is 1. The molecule has 1 fully saturated rings. The van der Waals surface area contributed by atoms with Gasteiger partial charge in [-0.2, -0.15) is 23.4 Å². The number of halogens is 4. The highest BCUT2D eigenvalue weighted by atomic mass is 35.5. The van der Waals surface area contributed by atoms with Crippen LogP contribution in [-0.4, -0.2) is 47.4 Å². The van der Waals surface area contributed by atoms with Crippen LogP contribution in [0.25, 0.3) is 33.5 Å². The number of nitrogen functional groups attached to an aromatic ring is 1. The van der Waals surface area contributed by atoms with Crippen LogP contribution >= 0.6 is 11.6 Å². The molecule has 14 heteroatoms. The third-order valence-corrected chi connectivity index (χ3v) is 5.38. The Hall–Kier alpha value is -3.61. The minimum absolute atomic E-state index is 0.0888. The lowest BCUT2D eigenvalue weighted by Gasteiger charge is -2.07. The van der Waals surface area contributed by atoms with Crippen molar-refractivity contribution >= 4 is 34.3 Å². The van der Waals surface area contributed by atoms with Crippen molar-refractivity contribution in [3.63, 3.8) is 0 Å². The normalized spacial score (nSPS) is 13.9. The molecule has 0 radical (unpaired) electrons. The molecule has 1 aliphatic rings. The number of nitrogens with two attached hydrogens (primary N) is 1. The number of anilines is 1. The predicted molar refractivity (Wildman–Crippen MR) is 116 cm³/mol. The summed E-state index contributed by atoms with van der Waals surface area (Å²) in [5.74, 6) is -1.16. The van der Waals surface area contributed by atoms with Gasteiger partial charge in [0.15, 0.2) is 0 Å². The van der Waals surface area contributed by atoms with Gasteiger partial charge in [-0.15, -0.1) is 0 Å². The lowest BCUT2D eigenvalue weighted by Crippen LogP contribution is -2.21. The minimum Gasteiger partial charge on any atom is -0.475 e. The molecule has 4 N–H and O–H groups in total. The number of fused-ring (bicyclic) bond motifs is 1. The molecular formula is C20H19ClF3N7O3. The van der Waals surface area contributed by atoms with Crippen molar-refractivity contribution in [3.8, 4) is 22.6 Å². The second-order valence-corrected chi connectivity index (χ2v) is 8.33. The summed E-state index contributed by atoms with van der Waals surface area (Å²) in [5.41, 5.74) is 9.94. The van der Waals surface area contributed by atoms with Crippen LogP contribution in [0, 0.1) is 0 Å². The molecule has 0 saturated heterocycles. The summed E-state index contributed by atoms with van der Waals surface area (Å²) in [7, 11) is 0. The van der Waals surface area contributed by atoms with Crippen molar-refractivity contribution < 1.29 is 27.6 Å². The quantitative estimate of drug-likeness (QED) is 0.364. The van der Waals surface area contributed by atoms with Crippen molar-refractivity contribution in [1.82, 2.24) is 30.1 Å². The Kier molecular flexibility index (Phi) is 5.98. The number of nitrogens with one attached hydrogen (secondary N) is 1. The summed E-state index contributed by atoms with van der Waals surface area (Å²) in [6.45, 7) is 4.08. The van der Waals surface area contributed by atoms with Crippen molar-refractivity contribution in [2.45, 2.75) is 44.8 Å². The zero-order valence-electron chi connectivity index (χ0n) is 17.9. The highest BCUT2D eigenvalue weighted by Crippen LogP contribution is 2.48. The molecular weight excluding hydrogens is 479 g/mol. The maximum atomic E-state index is 10.6. The standard InChI is InChI=1S/C18H18ClN7O.C2HF3O2/c1-8(2)26-16-10(19)7-21-18(20)13(16)14(24-26)15-12(11-5-6-22-23-11)17(27-25-15)9-3-4-9;3-2(4,5)1(6)7/h5-9H,3-4H2,1-2H3,(H2,20,21)(H,22,23);(H,6,7). The van der Waals surface area contributed by atoms with E-state index in [-0.39, 0.29) is 6.04 Å². The molecule has 0 bridgehead atoms. The molecule has 0 spiro atoms. The number of hydrogen-bond acceptors (Lipinski definition) is 7. The molecule has 0 atom stereocenters. The molecule has 1 saturated carbocycles. The van der Waals surface area contributed by atoms with E-state index >= 15 is 0 Å². The van der Waals surface area contributed by atoms with E-state index in [2.05, 4.69) is 20.3 Å². The van der Waals surface area contributed by atoms with Gasteiger partial charge < -0.3 is 15.4 Å². The maximum absolute atomic E-state index is 10.6. The first kappa shape index (κ1) is 23.5. The molecule has 34 heavy (non-hydrogen) atoms. The monoisotopic (exact) mass is 497 g/mol. The van der Waals surface area contributed by atoms with Gasteiger partial charge >= 0.3 is 12.1 Å². The van der Waals surface area contributed by atoms with E-state index in [1.54, 1.807) is 12.4 Å². The Balaban J connectivity index is 0.000000344. The Morgan fingerprint density at radius 3 is 2.56 bits per heavy atom. The van der Waals surface area contributed by atoms with E-state index < -0.39 is 12.1 Å². The number of nitrogens with zero attached hydrogens (tertiary/aromatic N) is 5. The summed E-state index contributed by atoms with van der Waals surface area (Å²) in [6.07, 6.45) is 0.358. The zero-order valence-corrected chi connectivity index (χ0v) is 18.6. The van der Waals surface area contributed by atoms with Crippen molar-refractivity contribution in [2.24, 2.45) is 0 Å². The van der Waals surface area contributed by atoms with Gasteiger partial charge in [-0.1, -0.05) is 16.8 Å². The van der Waals surface area contributed by atoms with Crippen LogP contribution in [0.15, 0.2) is 23.0 Å². The number of hydrogen-bond donors (Lipinski definition) is 3. The second kappa shape index (κ2) is 8.63. The van der Waals surface area contributed by atoms with Gasteiger partial charge in [-0.3, -0.25) is 9.78 Å². The number of carbonyl (C=O) groups is 1. The molecule has 4 heterocycles. The summed E-state index contributed by atoms with van der Waals surface area (Å²) >= 11 is 6.45. The van der Waals surface area contributed by atoms with E-state index in [1.165, 1.54) is 0 Å². The van der Waals surface area contributed by atoms with Crippen LogP contribution in [0.3, 0.4) is 0 Å². The van der Waals surface area contributed by atoms with Gasteiger partial charge in [0.25, 0.3) is 0 Å². The third kappa shape index (κ3) is 4.30. The van der Waals surface area contributed by atoms with E-state index in [0.29, 0.717) is 33.5 Å². The van der Waals surface area contributed by atoms with E-state index in [0.717, 1.165) is 35.4 Å². The Morgan fingerprint density at radius 2 is 2.03 bits per heavy atom. The molecule has 1 aliphatic carbocycles. The van der Waals surface area contributed by atoms with Crippen molar-refractivity contribution in [1.29, 1.82) is 0 Å². The molecule has 180 valence electrons. The molecule has 4 aromatic heterocycles. The van der Waals surface area contributed by atoms with E-state index in [9.17, 15) is 13.2 Å². The fourth-order valence-electron chi connectivity index (χ4n) is 3.44. The van der Waals surface area contributed by atoms with Crippen LogP contribution in [-0.2, 0) is 4.79 Å². The van der Waals surface area contributed by atoms with Crippen LogP contribution in [0.4, 0.5) is 19.0 Å². The molecule has 10 nitrogen and oxygen atoms in total. The minimum atomic E-state index is -5.08. The number of aromatic nitrogens is 6.